The van der Waals surface area contributed by atoms with Crippen LogP contribution in [0.25, 0.3) is 10.9 Å². The molecule has 3 rings (SSSR count). The van der Waals surface area contributed by atoms with Gasteiger partial charge in [-0.3, -0.25) is 4.98 Å². The average molecular weight is 342 g/mol. The van der Waals surface area contributed by atoms with Gasteiger partial charge in [0.2, 0.25) is 0 Å². The van der Waals surface area contributed by atoms with Gasteiger partial charge in [0.05, 0.1) is 16.8 Å². The molecule has 0 saturated carbocycles. The number of pyridine rings is 1. The number of hydrogen-bond donors (Lipinski definition) is 2. The highest BCUT2D eigenvalue weighted by molar-refractivity contribution is 6.31. The molecule has 0 bridgehead atoms. The minimum absolute atomic E-state index is 0.00331. The smallest absolute Gasteiger partial charge is 0.130 e. The Morgan fingerprint density at radius 1 is 1.25 bits per heavy atom. The number of rotatable bonds is 4. The van der Waals surface area contributed by atoms with E-state index in [1.807, 2.05) is 24.3 Å². The van der Waals surface area contributed by atoms with E-state index in [4.69, 9.17) is 11.6 Å². The van der Waals surface area contributed by atoms with Crippen molar-refractivity contribution in [3.8, 4) is 6.07 Å². The summed E-state index contributed by atoms with van der Waals surface area (Å²) in [6, 6.07) is 13.6. The fraction of sp³-hybridized carbons (Fsp3) is 0.111. The molecule has 0 radical (unpaired) electrons. The maximum Gasteiger partial charge on any atom is 0.130 e. The van der Waals surface area contributed by atoms with Crippen LogP contribution >= 0.6 is 11.6 Å². The number of para-hydroxylation sites is 1. The largest absolute Gasteiger partial charge is 0.386 e. The van der Waals surface area contributed by atoms with Crippen LogP contribution < -0.4 is 5.32 Å². The number of halogens is 2. The summed E-state index contributed by atoms with van der Waals surface area (Å²) < 4.78 is 13.9. The van der Waals surface area contributed by atoms with Gasteiger partial charge in [-0.15, -0.1) is 0 Å². The molecule has 0 aliphatic heterocycles. The molecule has 1 unspecified atom stereocenters. The first-order valence-electron chi connectivity index (χ1n) is 7.25. The molecule has 0 fully saturated rings. The average Bonchev–Trinajstić information content (AvgIpc) is 2.59. The van der Waals surface area contributed by atoms with Crippen LogP contribution in [0.1, 0.15) is 17.2 Å². The molecule has 0 aliphatic rings. The van der Waals surface area contributed by atoms with Crippen molar-refractivity contribution in [2.45, 2.75) is 6.10 Å². The summed E-state index contributed by atoms with van der Waals surface area (Å²) in [6.07, 6.45) is 0.310. The molecule has 1 atom stereocenters. The molecule has 0 amide bonds. The number of anilines is 1. The topological polar surface area (TPSA) is 68.9 Å². The number of aliphatic hydroxyl groups excluding tert-OH is 1. The Morgan fingerprint density at radius 2 is 2.04 bits per heavy atom. The molecule has 0 aliphatic carbocycles. The van der Waals surface area contributed by atoms with Crippen LogP contribution in [0.3, 0.4) is 0 Å². The van der Waals surface area contributed by atoms with E-state index in [2.05, 4.69) is 16.4 Å². The molecule has 24 heavy (non-hydrogen) atoms. The van der Waals surface area contributed by atoms with Gasteiger partial charge in [-0.2, -0.15) is 5.26 Å². The lowest BCUT2D eigenvalue weighted by Gasteiger charge is -2.17. The van der Waals surface area contributed by atoms with E-state index in [0.717, 1.165) is 10.9 Å². The van der Waals surface area contributed by atoms with Gasteiger partial charge in [-0.1, -0.05) is 35.9 Å². The number of nitrogens with one attached hydrogen (secondary N) is 1. The molecule has 0 saturated heterocycles. The van der Waals surface area contributed by atoms with Crippen LogP contribution in [0, 0.1) is 17.1 Å². The Kier molecular flexibility index (Phi) is 4.61. The SMILES string of the molecule is N#Cc1cnc2ccccc2c1NCC(O)c1c(F)cccc1Cl. The predicted octanol–water partition coefficient (Wildman–Crippen LogP) is 4.04. The van der Waals surface area contributed by atoms with E-state index in [1.54, 1.807) is 0 Å². The van der Waals surface area contributed by atoms with Crippen molar-refractivity contribution < 1.29 is 9.50 Å². The van der Waals surface area contributed by atoms with E-state index in [-0.39, 0.29) is 17.1 Å². The number of hydrogen-bond acceptors (Lipinski definition) is 4. The molecule has 2 aromatic carbocycles. The van der Waals surface area contributed by atoms with Crippen molar-refractivity contribution in [3.63, 3.8) is 0 Å². The molecule has 120 valence electrons. The van der Waals surface area contributed by atoms with Crippen molar-refractivity contribution in [2.24, 2.45) is 0 Å². The van der Waals surface area contributed by atoms with Crippen molar-refractivity contribution >= 4 is 28.2 Å². The third-order valence-electron chi connectivity index (χ3n) is 3.70. The van der Waals surface area contributed by atoms with Gasteiger partial charge in [0.1, 0.15) is 18.0 Å². The van der Waals surface area contributed by atoms with Crippen LogP contribution in [-0.4, -0.2) is 16.6 Å². The van der Waals surface area contributed by atoms with Gasteiger partial charge < -0.3 is 10.4 Å². The second-order valence-corrected chi connectivity index (χ2v) is 5.62. The molecule has 3 aromatic rings. The summed E-state index contributed by atoms with van der Waals surface area (Å²) in [4.78, 5) is 4.22. The van der Waals surface area contributed by atoms with E-state index in [0.29, 0.717) is 11.3 Å². The monoisotopic (exact) mass is 341 g/mol. The number of nitrogens with zero attached hydrogens (tertiary/aromatic N) is 2. The number of aliphatic hydroxyl groups is 1. The quantitative estimate of drug-likeness (QED) is 0.751. The van der Waals surface area contributed by atoms with Gasteiger partial charge in [-0.05, 0) is 18.2 Å². The molecule has 2 N–H and O–H groups in total. The Balaban J connectivity index is 1.92. The highest BCUT2D eigenvalue weighted by atomic mass is 35.5. The van der Waals surface area contributed by atoms with Crippen LogP contribution in [0.5, 0.6) is 0 Å². The fourth-order valence-electron chi connectivity index (χ4n) is 2.55. The van der Waals surface area contributed by atoms with Gasteiger partial charge in [-0.25, -0.2) is 4.39 Å². The fourth-order valence-corrected chi connectivity index (χ4v) is 2.84. The van der Waals surface area contributed by atoms with Gasteiger partial charge in [0, 0.05) is 28.7 Å². The summed E-state index contributed by atoms with van der Waals surface area (Å²) in [5.41, 5.74) is 1.65. The Labute approximate surface area is 143 Å². The lowest BCUT2D eigenvalue weighted by atomic mass is 10.1. The number of nitriles is 1. The molecule has 1 aromatic heterocycles. The molecule has 0 spiro atoms. The zero-order valence-electron chi connectivity index (χ0n) is 12.5. The van der Waals surface area contributed by atoms with E-state index in [1.165, 1.54) is 24.4 Å². The first kappa shape index (κ1) is 16.2. The zero-order chi connectivity index (χ0) is 17.1. The molecular weight excluding hydrogens is 329 g/mol. The van der Waals surface area contributed by atoms with Crippen LogP contribution in [0.15, 0.2) is 48.7 Å². The minimum atomic E-state index is -1.16. The third kappa shape index (κ3) is 3.02. The number of benzene rings is 2. The van der Waals surface area contributed by atoms with Crippen molar-refractivity contribution in [3.05, 3.63) is 70.6 Å². The molecule has 6 heteroatoms. The van der Waals surface area contributed by atoms with Gasteiger partial charge in [0.25, 0.3) is 0 Å². The van der Waals surface area contributed by atoms with Crippen LogP contribution in [0.2, 0.25) is 5.02 Å². The molecule has 4 nitrogen and oxygen atoms in total. The summed E-state index contributed by atoms with van der Waals surface area (Å²) in [5.74, 6) is -0.572. The van der Waals surface area contributed by atoms with Crippen LogP contribution in [0.4, 0.5) is 10.1 Å². The van der Waals surface area contributed by atoms with Gasteiger partial charge >= 0.3 is 0 Å². The predicted molar refractivity (Wildman–Crippen MR) is 91.3 cm³/mol. The summed E-state index contributed by atoms with van der Waals surface area (Å²) >= 11 is 5.97. The van der Waals surface area contributed by atoms with Crippen molar-refractivity contribution in [1.29, 1.82) is 5.26 Å². The van der Waals surface area contributed by atoms with E-state index in [9.17, 15) is 14.8 Å². The molecular formula is C18H13ClFN3O. The molecule has 1 heterocycles. The van der Waals surface area contributed by atoms with E-state index < -0.39 is 11.9 Å². The highest BCUT2D eigenvalue weighted by Crippen LogP contribution is 2.29. The van der Waals surface area contributed by atoms with E-state index >= 15 is 0 Å². The standard InChI is InChI=1S/C18H13ClFN3O/c19-13-5-3-6-14(20)17(13)16(24)10-23-18-11(8-21)9-22-15-7-2-1-4-12(15)18/h1-7,9,16,24H,10H2,(H,22,23). The Bertz CT molecular complexity index is 919. The lowest BCUT2D eigenvalue weighted by Crippen LogP contribution is -2.15. The minimum Gasteiger partial charge on any atom is -0.386 e. The zero-order valence-corrected chi connectivity index (χ0v) is 13.3. The number of fused-ring (bicyclic) bond motifs is 1. The first-order chi connectivity index (χ1) is 11.6. The van der Waals surface area contributed by atoms with Crippen molar-refractivity contribution in [1.82, 2.24) is 4.98 Å². The summed E-state index contributed by atoms with van der Waals surface area (Å²) in [7, 11) is 0. The first-order valence-corrected chi connectivity index (χ1v) is 7.63. The third-order valence-corrected chi connectivity index (χ3v) is 4.03. The maximum atomic E-state index is 13.9. The highest BCUT2D eigenvalue weighted by Gasteiger charge is 2.17. The second-order valence-electron chi connectivity index (χ2n) is 5.21. The Morgan fingerprint density at radius 3 is 2.79 bits per heavy atom. The summed E-state index contributed by atoms with van der Waals surface area (Å²) in [6.45, 7) is 0.00331. The maximum absolute atomic E-state index is 13.9. The Hall–Kier alpha value is -2.68. The van der Waals surface area contributed by atoms with Gasteiger partial charge in [0.15, 0.2) is 0 Å². The normalized spacial score (nSPS) is 11.9. The number of aromatic nitrogens is 1. The lowest BCUT2D eigenvalue weighted by molar-refractivity contribution is 0.187. The van der Waals surface area contributed by atoms with Crippen LogP contribution in [-0.2, 0) is 0 Å². The summed E-state index contributed by atoms with van der Waals surface area (Å²) in [5, 5.41) is 23.5. The van der Waals surface area contributed by atoms with Crippen molar-refractivity contribution in [2.75, 3.05) is 11.9 Å². The second kappa shape index (κ2) is 6.83.